The predicted octanol–water partition coefficient (Wildman–Crippen LogP) is 3.85. The molecular formula is C21H20N4O. The Morgan fingerprint density at radius 1 is 1.04 bits per heavy atom. The summed E-state index contributed by atoms with van der Waals surface area (Å²) >= 11 is 0. The highest BCUT2D eigenvalue weighted by molar-refractivity contribution is 6.05. The van der Waals surface area contributed by atoms with E-state index < -0.39 is 0 Å². The minimum atomic E-state index is -0.106. The Morgan fingerprint density at radius 3 is 2.58 bits per heavy atom. The zero-order valence-corrected chi connectivity index (χ0v) is 14.6. The Bertz CT molecular complexity index is 909. The number of carbonyl (C=O) groups is 1. The molecule has 0 saturated carbocycles. The van der Waals surface area contributed by atoms with E-state index in [-0.39, 0.29) is 11.9 Å². The highest BCUT2D eigenvalue weighted by atomic mass is 16.2. The molecule has 5 heteroatoms. The number of rotatable bonds is 4. The lowest BCUT2D eigenvalue weighted by molar-refractivity contribution is 0.0984. The van der Waals surface area contributed by atoms with Gasteiger partial charge in [-0.3, -0.25) is 4.79 Å². The van der Waals surface area contributed by atoms with Crippen LogP contribution < -0.4 is 10.2 Å². The number of fused-ring (bicyclic) bond motifs is 1. The van der Waals surface area contributed by atoms with Crippen LogP contribution in [-0.2, 0) is 6.42 Å². The first-order valence-corrected chi connectivity index (χ1v) is 8.75. The van der Waals surface area contributed by atoms with Gasteiger partial charge in [0.2, 0.25) is 0 Å². The summed E-state index contributed by atoms with van der Waals surface area (Å²) in [4.78, 5) is 23.2. The number of anilines is 2. The number of carbonyl (C=O) groups excluding carboxylic acids is 1. The number of benzene rings is 2. The quantitative estimate of drug-likeness (QED) is 0.781. The zero-order valence-electron chi connectivity index (χ0n) is 14.6. The third-order valence-electron chi connectivity index (χ3n) is 4.67. The van der Waals surface area contributed by atoms with Crippen molar-refractivity contribution in [2.75, 3.05) is 16.8 Å². The van der Waals surface area contributed by atoms with Crippen molar-refractivity contribution in [3.63, 3.8) is 0 Å². The van der Waals surface area contributed by atoms with Crippen molar-refractivity contribution in [1.29, 1.82) is 0 Å². The van der Waals surface area contributed by atoms with Crippen LogP contribution in [0.15, 0.2) is 67.0 Å². The summed E-state index contributed by atoms with van der Waals surface area (Å²) < 4.78 is 0. The van der Waals surface area contributed by atoms with Crippen molar-refractivity contribution in [3.05, 3.63) is 83.8 Å². The SMILES string of the molecule is CC(Nc1cnc(C(=O)N2CCc3ccccc32)cn1)c1ccccc1. The molecule has 4 rings (SSSR count). The number of nitrogens with one attached hydrogen (secondary N) is 1. The zero-order chi connectivity index (χ0) is 17.9. The van der Waals surface area contributed by atoms with Crippen LogP contribution in [0.3, 0.4) is 0 Å². The third-order valence-corrected chi connectivity index (χ3v) is 4.67. The summed E-state index contributed by atoms with van der Waals surface area (Å²) in [7, 11) is 0. The van der Waals surface area contributed by atoms with E-state index in [1.54, 1.807) is 17.3 Å². The van der Waals surface area contributed by atoms with Gasteiger partial charge < -0.3 is 10.2 Å². The van der Waals surface area contributed by atoms with Gasteiger partial charge in [0.15, 0.2) is 0 Å². The van der Waals surface area contributed by atoms with E-state index in [0.717, 1.165) is 12.1 Å². The molecule has 1 atom stereocenters. The van der Waals surface area contributed by atoms with Gasteiger partial charge >= 0.3 is 0 Å². The second-order valence-electron chi connectivity index (χ2n) is 6.40. The van der Waals surface area contributed by atoms with Crippen LogP contribution in [0.25, 0.3) is 0 Å². The van der Waals surface area contributed by atoms with Gasteiger partial charge in [-0.05, 0) is 30.5 Å². The highest BCUT2D eigenvalue weighted by Gasteiger charge is 2.26. The lowest BCUT2D eigenvalue weighted by Gasteiger charge is -2.17. The monoisotopic (exact) mass is 344 g/mol. The van der Waals surface area contributed by atoms with Gasteiger partial charge in [0, 0.05) is 18.3 Å². The van der Waals surface area contributed by atoms with Gasteiger partial charge in [0.05, 0.1) is 12.4 Å². The Kier molecular flexibility index (Phi) is 4.35. The minimum Gasteiger partial charge on any atom is -0.362 e. The molecule has 0 spiro atoms. The number of para-hydroxylation sites is 1. The highest BCUT2D eigenvalue weighted by Crippen LogP contribution is 2.28. The fourth-order valence-corrected chi connectivity index (χ4v) is 3.25. The fourth-order valence-electron chi connectivity index (χ4n) is 3.25. The molecule has 1 unspecified atom stereocenters. The Balaban J connectivity index is 1.47. The normalized spacial score (nSPS) is 14.0. The fraction of sp³-hybridized carbons (Fsp3) is 0.190. The average Bonchev–Trinajstić information content (AvgIpc) is 3.13. The van der Waals surface area contributed by atoms with Crippen LogP contribution in [0.2, 0.25) is 0 Å². The molecule has 0 bridgehead atoms. The number of amides is 1. The molecule has 2 aromatic carbocycles. The second kappa shape index (κ2) is 6.96. The van der Waals surface area contributed by atoms with Crippen LogP contribution in [0.4, 0.5) is 11.5 Å². The summed E-state index contributed by atoms with van der Waals surface area (Å²) in [5.41, 5.74) is 3.70. The van der Waals surface area contributed by atoms with Crippen LogP contribution in [0.1, 0.15) is 34.6 Å². The molecule has 1 aliphatic rings. The summed E-state index contributed by atoms with van der Waals surface area (Å²) in [6.45, 7) is 2.75. The van der Waals surface area contributed by atoms with Crippen molar-refractivity contribution in [1.82, 2.24) is 9.97 Å². The standard InChI is InChI=1S/C21H20N4O/c1-15(16-7-3-2-4-8-16)24-20-14-22-18(13-23-20)21(26)25-12-11-17-9-5-6-10-19(17)25/h2-10,13-15H,11-12H2,1H3,(H,23,24). The largest absolute Gasteiger partial charge is 0.362 e. The molecule has 5 nitrogen and oxygen atoms in total. The number of aromatic nitrogens is 2. The summed E-state index contributed by atoms with van der Waals surface area (Å²) in [6.07, 6.45) is 4.04. The van der Waals surface area contributed by atoms with Crippen molar-refractivity contribution in [2.45, 2.75) is 19.4 Å². The summed E-state index contributed by atoms with van der Waals surface area (Å²) in [5, 5.41) is 3.31. The molecule has 3 aromatic rings. The molecule has 0 saturated heterocycles. The molecule has 1 N–H and O–H groups in total. The first kappa shape index (κ1) is 16.3. The van der Waals surface area contributed by atoms with E-state index in [1.807, 2.05) is 36.4 Å². The Labute approximate surface area is 152 Å². The summed E-state index contributed by atoms with van der Waals surface area (Å²) in [5.74, 6) is 0.546. The van der Waals surface area contributed by atoms with Crippen molar-refractivity contribution >= 4 is 17.4 Å². The van der Waals surface area contributed by atoms with E-state index in [1.165, 1.54) is 11.1 Å². The van der Waals surface area contributed by atoms with Crippen molar-refractivity contribution in [2.24, 2.45) is 0 Å². The predicted molar refractivity (Wildman–Crippen MR) is 102 cm³/mol. The molecule has 1 aromatic heterocycles. The first-order valence-electron chi connectivity index (χ1n) is 8.75. The lowest BCUT2D eigenvalue weighted by atomic mass is 10.1. The van der Waals surface area contributed by atoms with Crippen LogP contribution >= 0.6 is 0 Å². The van der Waals surface area contributed by atoms with Gasteiger partial charge in [-0.2, -0.15) is 0 Å². The van der Waals surface area contributed by atoms with E-state index in [0.29, 0.717) is 18.1 Å². The molecule has 130 valence electrons. The molecule has 26 heavy (non-hydrogen) atoms. The summed E-state index contributed by atoms with van der Waals surface area (Å²) in [6, 6.07) is 18.2. The molecule has 0 aliphatic carbocycles. The molecule has 2 heterocycles. The van der Waals surface area contributed by atoms with Crippen molar-refractivity contribution in [3.8, 4) is 0 Å². The number of hydrogen-bond donors (Lipinski definition) is 1. The second-order valence-corrected chi connectivity index (χ2v) is 6.40. The van der Waals surface area contributed by atoms with Crippen LogP contribution in [0, 0.1) is 0 Å². The maximum atomic E-state index is 12.8. The van der Waals surface area contributed by atoms with Crippen molar-refractivity contribution < 1.29 is 4.79 Å². The topological polar surface area (TPSA) is 58.1 Å². The maximum Gasteiger partial charge on any atom is 0.278 e. The van der Waals surface area contributed by atoms with Gasteiger partial charge in [0.25, 0.3) is 5.91 Å². The Morgan fingerprint density at radius 2 is 1.81 bits per heavy atom. The molecule has 0 fully saturated rings. The van der Waals surface area contributed by atoms with Crippen LogP contribution in [-0.4, -0.2) is 22.4 Å². The molecule has 1 aliphatic heterocycles. The number of hydrogen-bond acceptors (Lipinski definition) is 4. The lowest BCUT2D eigenvalue weighted by Crippen LogP contribution is -2.29. The van der Waals surface area contributed by atoms with E-state index in [4.69, 9.17) is 0 Å². The maximum absolute atomic E-state index is 12.8. The van der Waals surface area contributed by atoms with Crippen LogP contribution in [0.5, 0.6) is 0 Å². The molecule has 1 amide bonds. The number of nitrogens with zero attached hydrogens (tertiary/aromatic N) is 3. The smallest absolute Gasteiger partial charge is 0.278 e. The first-order chi connectivity index (χ1) is 12.7. The third kappa shape index (κ3) is 3.16. The average molecular weight is 344 g/mol. The van der Waals surface area contributed by atoms with E-state index >= 15 is 0 Å². The van der Waals surface area contributed by atoms with Gasteiger partial charge in [0.1, 0.15) is 11.5 Å². The van der Waals surface area contributed by atoms with E-state index in [9.17, 15) is 4.79 Å². The molecule has 0 radical (unpaired) electrons. The van der Waals surface area contributed by atoms with Gasteiger partial charge in [-0.15, -0.1) is 0 Å². The van der Waals surface area contributed by atoms with Gasteiger partial charge in [-0.1, -0.05) is 48.5 Å². The Hall–Kier alpha value is -3.21. The van der Waals surface area contributed by atoms with Gasteiger partial charge in [-0.25, -0.2) is 9.97 Å². The van der Waals surface area contributed by atoms with E-state index in [2.05, 4.69) is 40.4 Å². The minimum absolute atomic E-state index is 0.106. The molecular weight excluding hydrogens is 324 g/mol.